The SMILES string of the molecule is CN=C(NCc1cc(C)no1)NC1CCC(C(C)C)CC1.I. The van der Waals surface area contributed by atoms with Crippen molar-refractivity contribution in [2.24, 2.45) is 16.8 Å². The summed E-state index contributed by atoms with van der Waals surface area (Å²) in [6, 6.07) is 2.47. The molecule has 6 heteroatoms. The zero-order valence-electron chi connectivity index (χ0n) is 14.1. The molecule has 0 radical (unpaired) electrons. The van der Waals surface area contributed by atoms with E-state index >= 15 is 0 Å². The van der Waals surface area contributed by atoms with Crippen LogP contribution in [0.3, 0.4) is 0 Å². The maximum atomic E-state index is 5.19. The molecule has 0 saturated heterocycles. The molecule has 0 aliphatic heterocycles. The molecule has 2 rings (SSSR count). The zero-order valence-corrected chi connectivity index (χ0v) is 16.4. The normalized spacial score (nSPS) is 22.3. The van der Waals surface area contributed by atoms with Gasteiger partial charge in [-0.15, -0.1) is 24.0 Å². The van der Waals surface area contributed by atoms with Gasteiger partial charge >= 0.3 is 0 Å². The Balaban J connectivity index is 0.00000242. The highest BCUT2D eigenvalue weighted by Crippen LogP contribution is 2.29. The van der Waals surface area contributed by atoms with E-state index in [0.717, 1.165) is 29.2 Å². The molecular formula is C16H29IN4O. The van der Waals surface area contributed by atoms with E-state index in [9.17, 15) is 0 Å². The van der Waals surface area contributed by atoms with Crippen LogP contribution in [0.5, 0.6) is 0 Å². The second-order valence-corrected chi connectivity index (χ2v) is 6.36. The van der Waals surface area contributed by atoms with Gasteiger partial charge in [0.05, 0.1) is 12.2 Å². The molecule has 0 unspecified atom stereocenters. The van der Waals surface area contributed by atoms with E-state index in [1.54, 1.807) is 7.05 Å². The van der Waals surface area contributed by atoms with E-state index in [-0.39, 0.29) is 24.0 Å². The Labute approximate surface area is 150 Å². The molecule has 0 spiro atoms. The Kier molecular flexibility index (Phi) is 8.20. The lowest BCUT2D eigenvalue weighted by Gasteiger charge is -2.32. The molecule has 1 saturated carbocycles. The Bertz CT molecular complexity index is 464. The Morgan fingerprint density at radius 1 is 1.36 bits per heavy atom. The van der Waals surface area contributed by atoms with Crippen LogP contribution < -0.4 is 10.6 Å². The van der Waals surface area contributed by atoms with E-state index in [1.165, 1.54) is 25.7 Å². The van der Waals surface area contributed by atoms with Crippen LogP contribution in [0.4, 0.5) is 0 Å². The predicted octanol–water partition coefficient (Wildman–Crippen LogP) is 3.48. The fourth-order valence-corrected chi connectivity index (χ4v) is 2.99. The number of guanidine groups is 1. The number of aromatic nitrogens is 1. The quantitative estimate of drug-likeness (QED) is 0.445. The fourth-order valence-electron chi connectivity index (χ4n) is 2.99. The minimum atomic E-state index is 0. The van der Waals surface area contributed by atoms with Gasteiger partial charge in [-0.3, -0.25) is 4.99 Å². The van der Waals surface area contributed by atoms with Gasteiger partial charge in [-0.2, -0.15) is 0 Å². The standard InChI is InChI=1S/C16H28N4O.HI/c1-11(2)13-5-7-14(8-6-13)19-16(17-4)18-10-15-9-12(3)20-21-15;/h9,11,13-14H,5-8,10H2,1-4H3,(H2,17,18,19);1H. The summed E-state index contributed by atoms with van der Waals surface area (Å²) >= 11 is 0. The average Bonchev–Trinajstić information content (AvgIpc) is 2.89. The van der Waals surface area contributed by atoms with E-state index in [4.69, 9.17) is 4.52 Å². The van der Waals surface area contributed by atoms with E-state index < -0.39 is 0 Å². The van der Waals surface area contributed by atoms with Gasteiger partial charge in [0.15, 0.2) is 11.7 Å². The fraction of sp³-hybridized carbons (Fsp3) is 0.750. The third-order valence-corrected chi connectivity index (χ3v) is 4.39. The number of halogens is 1. The zero-order chi connectivity index (χ0) is 15.2. The first-order valence-electron chi connectivity index (χ1n) is 7.98. The topological polar surface area (TPSA) is 62.5 Å². The molecule has 1 aromatic heterocycles. The number of aliphatic imine (C=N–C) groups is 1. The molecule has 0 atom stereocenters. The molecule has 126 valence electrons. The van der Waals surface area contributed by atoms with E-state index in [1.807, 2.05) is 13.0 Å². The summed E-state index contributed by atoms with van der Waals surface area (Å²) < 4.78 is 5.19. The molecule has 0 bridgehead atoms. The monoisotopic (exact) mass is 420 g/mol. The third kappa shape index (κ3) is 5.78. The summed E-state index contributed by atoms with van der Waals surface area (Å²) in [6.45, 7) is 7.20. The van der Waals surface area contributed by atoms with Gasteiger partial charge in [0, 0.05) is 19.2 Å². The summed E-state index contributed by atoms with van der Waals surface area (Å²) in [5, 5.41) is 10.7. The van der Waals surface area contributed by atoms with Crippen molar-refractivity contribution >= 4 is 29.9 Å². The van der Waals surface area contributed by atoms with Crippen LogP contribution in [0, 0.1) is 18.8 Å². The van der Waals surface area contributed by atoms with Gasteiger partial charge in [-0.25, -0.2) is 0 Å². The van der Waals surface area contributed by atoms with Crippen LogP contribution in [0.25, 0.3) is 0 Å². The van der Waals surface area contributed by atoms with Crippen molar-refractivity contribution in [1.29, 1.82) is 0 Å². The van der Waals surface area contributed by atoms with Crippen LogP contribution in [0.1, 0.15) is 51.0 Å². The van der Waals surface area contributed by atoms with Gasteiger partial charge in [0.25, 0.3) is 0 Å². The third-order valence-electron chi connectivity index (χ3n) is 4.39. The average molecular weight is 420 g/mol. The number of aryl methyl sites for hydroxylation is 1. The molecule has 1 fully saturated rings. The first-order valence-corrected chi connectivity index (χ1v) is 7.98. The second kappa shape index (κ2) is 9.37. The maximum absolute atomic E-state index is 5.19. The minimum absolute atomic E-state index is 0. The lowest BCUT2D eigenvalue weighted by Crippen LogP contribution is -2.44. The molecule has 22 heavy (non-hydrogen) atoms. The van der Waals surface area contributed by atoms with Gasteiger partial charge < -0.3 is 15.2 Å². The summed E-state index contributed by atoms with van der Waals surface area (Å²) in [7, 11) is 1.81. The van der Waals surface area contributed by atoms with Crippen LogP contribution in [0.2, 0.25) is 0 Å². The summed E-state index contributed by atoms with van der Waals surface area (Å²) in [6.07, 6.45) is 5.08. The molecule has 0 aromatic carbocycles. The maximum Gasteiger partial charge on any atom is 0.191 e. The van der Waals surface area contributed by atoms with Crippen molar-refractivity contribution in [1.82, 2.24) is 15.8 Å². The van der Waals surface area contributed by atoms with Crippen molar-refractivity contribution in [3.63, 3.8) is 0 Å². The summed E-state index contributed by atoms with van der Waals surface area (Å²) in [5.74, 6) is 3.37. The highest BCUT2D eigenvalue weighted by molar-refractivity contribution is 14.0. The molecule has 5 nitrogen and oxygen atoms in total. The first-order chi connectivity index (χ1) is 10.1. The van der Waals surface area contributed by atoms with Crippen molar-refractivity contribution in [3.8, 4) is 0 Å². The molecule has 0 amide bonds. The molecule has 1 aromatic rings. The van der Waals surface area contributed by atoms with Crippen molar-refractivity contribution in [2.45, 2.75) is 59.0 Å². The number of nitrogens with zero attached hydrogens (tertiary/aromatic N) is 2. The molecular weight excluding hydrogens is 391 g/mol. The minimum Gasteiger partial charge on any atom is -0.359 e. The van der Waals surface area contributed by atoms with E-state index in [2.05, 4.69) is 34.6 Å². The van der Waals surface area contributed by atoms with Crippen molar-refractivity contribution in [2.75, 3.05) is 7.05 Å². The van der Waals surface area contributed by atoms with Crippen molar-refractivity contribution < 1.29 is 4.52 Å². The van der Waals surface area contributed by atoms with Gasteiger partial charge in [0.2, 0.25) is 0 Å². The number of hydrogen-bond acceptors (Lipinski definition) is 3. The van der Waals surface area contributed by atoms with Crippen LogP contribution in [-0.4, -0.2) is 24.2 Å². The molecule has 1 aliphatic carbocycles. The largest absolute Gasteiger partial charge is 0.359 e. The van der Waals surface area contributed by atoms with Gasteiger partial charge in [-0.1, -0.05) is 19.0 Å². The predicted molar refractivity (Wildman–Crippen MR) is 101 cm³/mol. The van der Waals surface area contributed by atoms with Gasteiger partial charge in [0.1, 0.15) is 0 Å². The number of rotatable bonds is 4. The molecule has 1 heterocycles. The Hall–Kier alpha value is -0.790. The lowest BCUT2D eigenvalue weighted by molar-refractivity contribution is 0.250. The highest BCUT2D eigenvalue weighted by Gasteiger charge is 2.23. The highest BCUT2D eigenvalue weighted by atomic mass is 127. The van der Waals surface area contributed by atoms with Crippen molar-refractivity contribution in [3.05, 3.63) is 17.5 Å². The Morgan fingerprint density at radius 3 is 2.55 bits per heavy atom. The first kappa shape index (κ1) is 19.3. The van der Waals surface area contributed by atoms with E-state index in [0.29, 0.717) is 12.6 Å². The van der Waals surface area contributed by atoms with Crippen LogP contribution in [-0.2, 0) is 6.54 Å². The smallest absolute Gasteiger partial charge is 0.191 e. The number of hydrogen-bond donors (Lipinski definition) is 2. The van der Waals surface area contributed by atoms with Gasteiger partial charge in [-0.05, 0) is 44.4 Å². The summed E-state index contributed by atoms with van der Waals surface area (Å²) in [5.41, 5.74) is 0.904. The molecule has 1 aliphatic rings. The summed E-state index contributed by atoms with van der Waals surface area (Å²) in [4.78, 5) is 4.29. The van der Waals surface area contributed by atoms with Crippen LogP contribution >= 0.6 is 24.0 Å². The second-order valence-electron chi connectivity index (χ2n) is 6.36. The Morgan fingerprint density at radius 2 is 2.05 bits per heavy atom. The van der Waals surface area contributed by atoms with Crippen LogP contribution in [0.15, 0.2) is 15.6 Å². The lowest BCUT2D eigenvalue weighted by atomic mass is 9.80. The molecule has 2 N–H and O–H groups in total. The number of nitrogens with one attached hydrogen (secondary N) is 2.